The topological polar surface area (TPSA) is 52.1 Å². The second-order valence-electron chi connectivity index (χ2n) is 8.15. The second-order valence-corrected chi connectivity index (χ2v) is 9.08. The molecule has 7 heteroatoms. The Bertz CT molecular complexity index is 784. The molecule has 2 aromatic rings. The van der Waals surface area contributed by atoms with Crippen LogP contribution in [0, 0.1) is 0 Å². The number of thiophene rings is 1. The molecule has 1 aromatic heterocycles. The number of guanidine groups is 1. The first-order chi connectivity index (χ1) is 15.3. The molecule has 0 amide bonds. The van der Waals surface area contributed by atoms with E-state index in [-0.39, 0.29) is 6.04 Å². The summed E-state index contributed by atoms with van der Waals surface area (Å²) in [7, 11) is 0. The largest absolute Gasteiger partial charge is 0.379 e. The minimum absolute atomic E-state index is 0.279. The lowest BCUT2D eigenvalue weighted by Crippen LogP contribution is -2.49. The predicted octanol–water partition coefficient (Wildman–Crippen LogP) is 3.35. The maximum Gasteiger partial charge on any atom is 0.191 e. The number of morpholine rings is 1. The van der Waals surface area contributed by atoms with Crippen molar-refractivity contribution in [3.05, 3.63) is 53.4 Å². The quantitative estimate of drug-likeness (QED) is 0.510. The second kappa shape index (κ2) is 11.5. The van der Waals surface area contributed by atoms with E-state index in [1.54, 1.807) is 0 Å². The first-order valence-corrected chi connectivity index (χ1v) is 12.4. The van der Waals surface area contributed by atoms with Gasteiger partial charge in [-0.2, -0.15) is 0 Å². The molecular formula is C24H35N5OS. The highest BCUT2D eigenvalue weighted by Crippen LogP contribution is 2.25. The molecule has 0 bridgehead atoms. The van der Waals surface area contributed by atoms with Gasteiger partial charge in [-0.3, -0.25) is 9.89 Å². The van der Waals surface area contributed by atoms with E-state index in [1.165, 1.54) is 10.6 Å². The third-order valence-electron chi connectivity index (χ3n) is 6.09. The van der Waals surface area contributed by atoms with Crippen molar-refractivity contribution in [3.8, 4) is 0 Å². The monoisotopic (exact) mass is 441 g/mol. The molecule has 168 valence electrons. The summed E-state index contributed by atoms with van der Waals surface area (Å²) in [6.07, 6.45) is 2.27. The molecule has 0 saturated carbocycles. The molecule has 31 heavy (non-hydrogen) atoms. The van der Waals surface area contributed by atoms with Gasteiger partial charge in [-0.25, -0.2) is 0 Å². The third-order valence-corrected chi connectivity index (χ3v) is 7.02. The Hall–Kier alpha value is -2.09. The van der Waals surface area contributed by atoms with Crippen LogP contribution in [0.2, 0.25) is 0 Å². The highest BCUT2D eigenvalue weighted by Gasteiger charge is 2.24. The molecule has 2 saturated heterocycles. The van der Waals surface area contributed by atoms with Crippen molar-refractivity contribution in [1.29, 1.82) is 0 Å². The number of ether oxygens (including phenoxy) is 1. The van der Waals surface area contributed by atoms with Crippen LogP contribution < -0.4 is 15.5 Å². The molecule has 2 N–H and O–H groups in total. The highest BCUT2D eigenvalue weighted by atomic mass is 32.1. The molecule has 0 spiro atoms. The Kier molecular flexibility index (Phi) is 8.21. The van der Waals surface area contributed by atoms with Crippen LogP contribution in [0.25, 0.3) is 0 Å². The maximum absolute atomic E-state index is 5.58. The number of nitrogens with zero attached hydrogens (tertiary/aromatic N) is 3. The summed E-state index contributed by atoms with van der Waals surface area (Å²) in [6.45, 7) is 9.45. The number of hydrogen-bond donors (Lipinski definition) is 2. The van der Waals surface area contributed by atoms with Gasteiger partial charge in [0, 0.05) is 38.8 Å². The zero-order chi connectivity index (χ0) is 21.3. The summed E-state index contributed by atoms with van der Waals surface area (Å²) in [5.41, 5.74) is 1.33. The Labute approximate surface area is 190 Å². The zero-order valence-corrected chi connectivity index (χ0v) is 19.3. The number of anilines is 1. The molecule has 2 fully saturated rings. The summed E-state index contributed by atoms with van der Waals surface area (Å²) in [6, 6.07) is 15.9. The zero-order valence-electron chi connectivity index (χ0n) is 18.5. The third kappa shape index (κ3) is 6.21. The smallest absolute Gasteiger partial charge is 0.191 e. The van der Waals surface area contributed by atoms with Gasteiger partial charge in [-0.1, -0.05) is 30.3 Å². The number of rotatable bonds is 7. The number of aliphatic imine (C=N–C) groups is 1. The van der Waals surface area contributed by atoms with Crippen LogP contribution in [0.1, 0.15) is 31.4 Å². The molecule has 2 aliphatic rings. The molecule has 2 aliphatic heterocycles. The Morgan fingerprint density at radius 1 is 1.10 bits per heavy atom. The fraction of sp³-hybridized carbons (Fsp3) is 0.542. The standard InChI is InChI=1S/C24H35N5OS/c1-2-25-24(27-21-10-12-29(13-11-21)23-9-6-18-31-23)26-19-22(20-7-4-3-5-8-20)28-14-16-30-17-15-28/h3-9,18,21-22H,2,10-17,19H2,1H3,(H2,25,26,27). The Morgan fingerprint density at radius 2 is 1.87 bits per heavy atom. The summed E-state index contributed by atoms with van der Waals surface area (Å²) >= 11 is 1.83. The van der Waals surface area contributed by atoms with Gasteiger partial charge in [-0.05, 0) is 42.8 Å². The van der Waals surface area contributed by atoms with E-state index in [2.05, 4.69) is 75.2 Å². The number of nitrogens with one attached hydrogen (secondary N) is 2. The normalized spacial score (nSPS) is 19.9. The molecule has 1 atom stereocenters. The van der Waals surface area contributed by atoms with Gasteiger partial charge in [-0.15, -0.1) is 11.3 Å². The van der Waals surface area contributed by atoms with E-state index in [0.29, 0.717) is 6.04 Å². The SMILES string of the molecule is CCNC(=NCC(c1ccccc1)N1CCOCC1)NC1CCN(c2cccs2)CC1. The van der Waals surface area contributed by atoms with Gasteiger partial charge in [0.1, 0.15) is 0 Å². The summed E-state index contributed by atoms with van der Waals surface area (Å²) in [4.78, 5) is 10.0. The van der Waals surface area contributed by atoms with Crippen LogP contribution >= 0.6 is 11.3 Å². The first kappa shape index (κ1) is 22.1. The molecule has 0 aliphatic carbocycles. The van der Waals surface area contributed by atoms with E-state index in [9.17, 15) is 0 Å². The van der Waals surface area contributed by atoms with Crippen molar-refractivity contribution in [3.63, 3.8) is 0 Å². The Balaban J connectivity index is 1.38. The van der Waals surface area contributed by atoms with E-state index in [1.807, 2.05) is 11.3 Å². The molecule has 0 radical (unpaired) electrons. The number of benzene rings is 1. The van der Waals surface area contributed by atoms with Crippen molar-refractivity contribution < 1.29 is 4.74 Å². The minimum atomic E-state index is 0.279. The summed E-state index contributed by atoms with van der Waals surface area (Å²) < 4.78 is 5.58. The van der Waals surface area contributed by atoms with E-state index in [0.717, 1.165) is 71.3 Å². The van der Waals surface area contributed by atoms with Crippen LogP contribution in [0.3, 0.4) is 0 Å². The van der Waals surface area contributed by atoms with Gasteiger partial charge < -0.3 is 20.3 Å². The highest BCUT2D eigenvalue weighted by molar-refractivity contribution is 7.14. The van der Waals surface area contributed by atoms with Crippen molar-refractivity contribution in [2.45, 2.75) is 31.8 Å². The molecule has 4 rings (SSSR count). The van der Waals surface area contributed by atoms with Crippen LogP contribution in [0.15, 0.2) is 52.8 Å². The van der Waals surface area contributed by atoms with Crippen LogP contribution in [-0.4, -0.2) is 69.4 Å². The lowest BCUT2D eigenvalue weighted by Gasteiger charge is -2.35. The minimum Gasteiger partial charge on any atom is -0.379 e. The van der Waals surface area contributed by atoms with Gasteiger partial charge in [0.25, 0.3) is 0 Å². The van der Waals surface area contributed by atoms with Crippen LogP contribution in [0.4, 0.5) is 5.00 Å². The van der Waals surface area contributed by atoms with Crippen molar-refractivity contribution >= 4 is 22.3 Å². The van der Waals surface area contributed by atoms with Crippen molar-refractivity contribution in [2.75, 3.05) is 57.4 Å². The lowest BCUT2D eigenvalue weighted by atomic mass is 10.0. The van der Waals surface area contributed by atoms with E-state index < -0.39 is 0 Å². The van der Waals surface area contributed by atoms with E-state index in [4.69, 9.17) is 9.73 Å². The van der Waals surface area contributed by atoms with Gasteiger partial charge in [0.05, 0.1) is 30.8 Å². The number of piperidine rings is 1. The first-order valence-electron chi connectivity index (χ1n) is 11.5. The lowest BCUT2D eigenvalue weighted by molar-refractivity contribution is 0.0179. The molecular weight excluding hydrogens is 406 g/mol. The molecule has 3 heterocycles. The number of hydrogen-bond acceptors (Lipinski definition) is 5. The van der Waals surface area contributed by atoms with Crippen LogP contribution in [0.5, 0.6) is 0 Å². The van der Waals surface area contributed by atoms with E-state index >= 15 is 0 Å². The molecule has 1 aromatic carbocycles. The Morgan fingerprint density at radius 3 is 2.55 bits per heavy atom. The predicted molar refractivity (Wildman–Crippen MR) is 130 cm³/mol. The molecule has 6 nitrogen and oxygen atoms in total. The maximum atomic E-state index is 5.58. The van der Waals surface area contributed by atoms with Crippen molar-refractivity contribution in [1.82, 2.24) is 15.5 Å². The van der Waals surface area contributed by atoms with Gasteiger partial charge >= 0.3 is 0 Å². The van der Waals surface area contributed by atoms with Gasteiger partial charge in [0.2, 0.25) is 0 Å². The van der Waals surface area contributed by atoms with Crippen LogP contribution in [-0.2, 0) is 4.74 Å². The molecule has 1 unspecified atom stereocenters. The van der Waals surface area contributed by atoms with Crippen molar-refractivity contribution in [2.24, 2.45) is 4.99 Å². The fourth-order valence-corrected chi connectivity index (χ4v) is 5.17. The summed E-state index contributed by atoms with van der Waals surface area (Å²) in [5, 5.41) is 10.7. The fourth-order valence-electron chi connectivity index (χ4n) is 4.38. The average molecular weight is 442 g/mol. The average Bonchev–Trinajstić information content (AvgIpc) is 3.36. The summed E-state index contributed by atoms with van der Waals surface area (Å²) in [5.74, 6) is 0.936. The van der Waals surface area contributed by atoms with Gasteiger partial charge in [0.15, 0.2) is 5.96 Å².